The summed E-state index contributed by atoms with van der Waals surface area (Å²) in [6.07, 6.45) is 0.809. The summed E-state index contributed by atoms with van der Waals surface area (Å²) >= 11 is 12.5. The molecule has 0 heterocycles. The number of halogens is 2. The maximum Gasteiger partial charge on any atom is 0.118 e. The largest absolute Gasteiger partial charge is 0.497 e. The summed E-state index contributed by atoms with van der Waals surface area (Å²) < 4.78 is 5.17. The van der Waals surface area contributed by atoms with Gasteiger partial charge in [-0.05, 0) is 43.3 Å². The van der Waals surface area contributed by atoms with Crippen molar-refractivity contribution in [2.24, 2.45) is 0 Å². The van der Waals surface area contributed by atoms with Gasteiger partial charge in [-0.2, -0.15) is 0 Å². The zero-order chi connectivity index (χ0) is 14.5. The number of nitrogens with one attached hydrogen (secondary N) is 1. The maximum absolute atomic E-state index is 6.27. The van der Waals surface area contributed by atoms with E-state index >= 15 is 0 Å². The average Bonchev–Trinajstić information content (AvgIpc) is 2.46. The molecule has 0 aliphatic carbocycles. The number of rotatable bonds is 5. The molecule has 1 atom stereocenters. The van der Waals surface area contributed by atoms with Crippen molar-refractivity contribution in [1.82, 2.24) is 5.32 Å². The summed E-state index contributed by atoms with van der Waals surface area (Å²) in [7, 11) is 3.57. The molecular weight excluding hydrogens is 293 g/mol. The van der Waals surface area contributed by atoms with Gasteiger partial charge in [0, 0.05) is 21.7 Å². The van der Waals surface area contributed by atoms with Gasteiger partial charge in [-0.15, -0.1) is 0 Å². The Morgan fingerprint density at radius 1 is 1.05 bits per heavy atom. The van der Waals surface area contributed by atoms with Crippen LogP contribution in [0.2, 0.25) is 10.0 Å². The number of benzene rings is 2. The molecule has 4 heteroatoms. The first-order valence-corrected chi connectivity index (χ1v) is 7.15. The fourth-order valence-electron chi connectivity index (χ4n) is 2.19. The van der Waals surface area contributed by atoms with E-state index in [0.29, 0.717) is 10.0 Å². The average molecular weight is 310 g/mol. The van der Waals surface area contributed by atoms with Crippen molar-refractivity contribution in [3.05, 3.63) is 63.6 Å². The lowest BCUT2D eigenvalue weighted by Gasteiger charge is -2.19. The van der Waals surface area contributed by atoms with E-state index in [1.54, 1.807) is 7.11 Å². The molecular formula is C16H17Cl2NO. The second kappa shape index (κ2) is 6.98. The van der Waals surface area contributed by atoms with Crippen molar-refractivity contribution in [2.45, 2.75) is 12.5 Å². The minimum atomic E-state index is 0.0737. The minimum Gasteiger partial charge on any atom is -0.497 e. The van der Waals surface area contributed by atoms with Gasteiger partial charge < -0.3 is 10.1 Å². The van der Waals surface area contributed by atoms with Crippen molar-refractivity contribution in [3.63, 3.8) is 0 Å². The van der Waals surface area contributed by atoms with Gasteiger partial charge in [0.25, 0.3) is 0 Å². The first-order chi connectivity index (χ1) is 9.65. The van der Waals surface area contributed by atoms with E-state index in [1.165, 1.54) is 5.56 Å². The lowest BCUT2D eigenvalue weighted by molar-refractivity contribution is 0.414. The summed E-state index contributed by atoms with van der Waals surface area (Å²) in [5.74, 6) is 0.852. The van der Waals surface area contributed by atoms with Crippen molar-refractivity contribution in [3.8, 4) is 5.75 Å². The summed E-state index contributed by atoms with van der Waals surface area (Å²) in [4.78, 5) is 0. The lowest BCUT2D eigenvalue weighted by atomic mass is 9.99. The molecule has 0 aromatic heterocycles. The first kappa shape index (κ1) is 15.2. The number of hydrogen-bond donors (Lipinski definition) is 1. The van der Waals surface area contributed by atoms with E-state index in [4.69, 9.17) is 27.9 Å². The van der Waals surface area contributed by atoms with Gasteiger partial charge in [0.15, 0.2) is 0 Å². The second-order valence-electron chi connectivity index (χ2n) is 4.53. The van der Waals surface area contributed by atoms with Crippen molar-refractivity contribution >= 4 is 23.2 Å². The third-order valence-electron chi connectivity index (χ3n) is 3.30. The number of hydrogen-bond acceptors (Lipinski definition) is 2. The van der Waals surface area contributed by atoms with Crippen molar-refractivity contribution in [2.75, 3.05) is 14.2 Å². The Hall–Kier alpha value is -1.22. The van der Waals surface area contributed by atoms with Crippen LogP contribution in [0.25, 0.3) is 0 Å². The molecule has 106 valence electrons. The van der Waals surface area contributed by atoms with Gasteiger partial charge in [-0.1, -0.05) is 41.4 Å². The Morgan fingerprint density at radius 2 is 1.65 bits per heavy atom. The van der Waals surface area contributed by atoms with Crippen LogP contribution in [0.1, 0.15) is 17.2 Å². The summed E-state index contributed by atoms with van der Waals surface area (Å²) in [6, 6.07) is 13.7. The number of likely N-dealkylation sites (N-methyl/N-ethyl adjacent to an activating group) is 1. The Bertz CT molecular complexity index is 549. The zero-order valence-corrected chi connectivity index (χ0v) is 13.0. The van der Waals surface area contributed by atoms with E-state index in [1.807, 2.05) is 49.5 Å². The molecule has 0 aliphatic heterocycles. The van der Waals surface area contributed by atoms with Crippen LogP contribution in [-0.4, -0.2) is 14.2 Å². The van der Waals surface area contributed by atoms with E-state index in [0.717, 1.165) is 17.7 Å². The molecule has 20 heavy (non-hydrogen) atoms. The molecule has 2 aromatic rings. The van der Waals surface area contributed by atoms with Crippen LogP contribution in [0.4, 0.5) is 0 Å². The topological polar surface area (TPSA) is 21.3 Å². The van der Waals surface area contributed by atoms with Gasteiger partial charge in [0.1, 0.15) is 5.75 Å². The molecule has 2 aromatic carbocycles. The van der Waals surface area contributed by atoms with Crippen LogP contribution in [-0.2, 0) is 6.42 Å². The molecule has 0 spiro atoms. The molecule has 2 rings (SSSR count). The van der Waals surface area contributed by atoms with Crippen LogP contribution in [0.15, 0.2) is 42.5 Å². The predicted octanol–water partition coefficient (Wildman–Crippen LogP) is 4.51. The summed E-state index contributed by atoms with van der Waals surface area (Å²) in [5, 5.41) is 4.65. The SMILES string of the molecule is CNC(Cc1ccc(OC)cc1)c1c(Cl)cccc1Cl. The van der Waals surface area contributed by atoms with E-state index in [2.05, 4.69) is 5.32 Å². The molecule has 0 radical (unpaired) electrons. The Morgan fingerprint density at radius 3 is 2.15 bits per heavy atom. The first-order valence-electron chi connectivity index (χ1n) is 6.39. The van der Waals surface area contributed by atoms with Gasteiger partial charge in [-0.3, -0.25) is 0 Å². The highest BCUT2D eigenvalue weighted by Gasteiger charge is 2.16. The maximum atomic E-state index is 6.27. The fourth-order valence-corrected chi connectivity index (χ4v) is 2.85. The quantitative estimate of drug-likeness (QED) is 0.877. The summed E-state index contributed by atoms with van der Waals surface area (Å²) in [6.45, 7) is 0. The molecule has 1 N–H and O–H groups in total. The van der Waals surface area contributed by atoms with Crippen LogP contribution in [0, 0.1) is 0 Å². The second-order valence-corrected chi connectivity index (χ2v) is 5.34. The predicted molar refractivity (Wildman–Crippen MR) is 85.0 cm³/mol. The highest BCUT2D eigenvalue weighted by molar-refractivity contribution is 6.36. The number of methoxy groups -OCH3 is 1. The van der Waals surface area contributed by atoms with Gasteiger partial charge >= 0.3 is 0 Å². The highest BCUT2D eigenvalue weighted by Crippen LogP contribution is 2.32. The zero-order valence-electron chi connectivity index (χ0n) is 11.5. The van der Waals surface area contributed by atoms with Gasteiger partial charge in [-0.25, -0.2) is 0 Å². The normalized spacial score (nSPS) is 12.2. The van der Waals surface area contributed by atoms with Crippen molar-refractivity contribution in [1.29, 1.82) is 0 Å². The molecule has 0 aliphatic rings. The molecule has 0 fully saturated rings. The van der Waals surface area contributed by atoms with Gasteiger partial charge in [0.05, 0.1) is 7.11 Å². The molecule has 0 bridgehead atoms. The van der Waals surface area contributed by atoms with Crippen LogP contribution in [0.3, 0.4) is 0 Å². The third kappa shape index (κ3) is 3.45. The molecule has 0 saturated heterocycles. The third-order valence-corrected chi connectivity index (χ3v) is 3.95. The van der Waals surface area contributed by atoms with E-state index < -0.39 is 0 Å². The molecule has 0 saturated carbocycles. The Kier molecular flexibility index (Phi) is 5.30. The molecule has 0 amide bonds. The van der Waals surface area contributed by atoms with Crippen molar-refractivity contribution < 1.29 is 4.74 Å². The standard InChI is InChI=1S/C16H17Cl2NO/c1-19-15(16-13(17)4-3-5-14(16)18)10-11-6-8-12(20-2)9-7-11/h3-9,15,19H,10H2,1-2H3. The van der Waals surface area contributed by atoms with Crippen LogP contribution < -0.4 is 10.1 Å². The monoisotopic (exact) mass is 309 g/mol. The Labute approximate surface area is 129 Å². The van der Waals surface area contributed by atoms with Gasteiger partial charge in [0.2, 0.25) is 0 Å². The fraction of sp³-hybridized carbons (Fsp3) is 0.250. The highest BCUT2D eigenvalue weighted by atomic mass is 35.5. The smallest absolute Gasteiger partial charge is 0.118 e. The lowest BCUT2D eigenvalue weighted by Crippen LogP contribution is -2.19. The Balaban J connectivity index is 2.24. The molecule has 1 unspecified atom stereocenters. The van der Waals surface area contributed by atoms with Crippen LogP contribution in [0.5, 0.6) is 5.75 Å². The molecule has 2 nitrogen and oxygen atoms in total. The minimum absolute atomic E-state index is 0.0737. The van der Waals surface area contributed by atoms with E-state index in [9.17, 15) is 0 Å². The van der Waals surface area contributed by atoms with Crippen LogP contribution >= 0.6 is 23.2 Å². The number of ether oxygens (including phenoxy) is 1. The summed E-state index contributed by atoms with van der Waals surface area (Å²) in [5.41, 5.74) is 2.13. The van der Waals surface area contributed by atoms with E-state index in [-0.39, 0.29) is 6.04 Å².